The minimum atomic E-state index is -0.514. The van der Waals surface area contributed by atoms with Crippen LogP contribution in [0.25, 0.3) is 0 Å². The van der Waals surface area contributed by atoms with Crippen LogP contribution in [0.5, 0.6) is 5.75 Å². The summed E-state index contributed by atoms with van der Waals surface area (Å²) in [6, 6.07) is 7.96. The molecule has 1 heterocycles. The van der Waals surface area contributed by atoms with Crippen molar-refractivity contribution in [1.29, 1.82) is 5.26 Å². The van der Waals surface area contributed by atoms with Gasteiger partial charge in [0.15, 0.2) is 11.6 Å². The highest BCUT2D eigenvalue weighted by Gasteiger charge is 2.05. The summed E-state index contributed by atoms with van der Waals surface area (Å²) in [5.74, 6) is -0.354. The molecular formula is C12H7BrFNOS. The topological polar surface area (TPSA) is 33.0 Å². The summed E-state index contributed by atoms with van der Waals surface area (Å²) in [5.41, 5.74) is 0.286. The molecule has 0 bridgehead atoms. The Morgan fingerprint density at radius 1 is 1.41 bits per heavy atom. The minimum Gasteiger partial charge on any atom is -0.485 e. The Morgan fingerprint density at radius 3 is 2.82 bits per heavy atom. The lowest BCUT2D eigenvalue weighted by atomic mass is 10.2. The fourth-order valence-electron chi connectivity index (χ4n) is 1.27. The molecule has 1 aromatic carbocycles. The van der Waals surface area contributed by atoms with Gasteiger partial charge in [-0.3, -0.25) is 0 Å². The third kappa shape index (κ3) is 3.05. The van der Waals surface area contributed by atoms with Crippen molar-refractivity contribution in [3.8, 4) is 11.8 Å². The molecule has 0 aliphatic heterocycles. The number of benzene rings is 1. The van der Waals surface area contributed by atoms with E-state index in [2.05, 4.69) is 15.9 Å². The van der Waals surface area contributed by atoms with Crippen LogP contribution in [0.15, 0.2) is 34.1 Å². The number of ether oxygens (including phenoxy) is 1. The number of thiophene rings is 1. The van der Waals surface area contributed by atoms with Crippen molar-refractivity contribution in [2.24, 2.45) is 0 Å². The molecule has 0 unspecified atom stereocenters. The highest BCUT2D eigenvalue weighted by atomic mass is 79.9. The van der Waals surface area contributed by atoms with Crippen molar-refractivity contribution in [2.75, 3.05) is 0 Å². The first kappa shape index (κ1) is 12.1. The third-order valence-corrected chi connectivity index (χ3v) is 3.72. The Balaban J connectivity index is 2.07. The molecule has 2 nitrogen and oxygen atoms in total. The molecule has 0 fully saturated rings. The zero-order valence-electron chi connectivity index (χ0n) is 8.61. The summed E-state index contributed by atoms with van der Waals surface area (Å²) < 4.78 is 19.8. The molecule has 86 valence electrons. The van der Waals surface area contributed by atoms with Crippen LogP contribution >= 0.6 is 27.3 Å². The zero-order valence-corrected chi connectivity index (χ0v) is 11.0. The Kier molecular flexibility index (Phi) is 3.77. The molecule has 2 aromatic rings. The molecule has 0 radical (unpaired) electrons. The Bertz CT molecular complexity index is 576. The molecule has 0 saturated carbocycles. The summed E-state index contributed by atoms with van der Waals surface area (Å²) in [5, 5.41) is 10.5. The summed E-state index contributed by atoms with van der Waals surface area (Å²) in [4.78, 5) is 1.00. The summed E-state index contributed by atoms with van der Waals surface area (Å²) in [7, 11) is 0. The molecule has 0 saturated heterocycles. The van der Waals surface area contributed by atoms with Gasteiger partial charge in [0.1, 0.15) is 6.61 Å². The van der Waals surface area contributed by atoms with Crippen LogP contribution in [0, 0.1) is 17.1 Å². The number of rotatable bonds is 3. The molecule has 0 aliphatic rings. The van der Waals surface area contributed by atoms with Crippen molar-refractivity contribution >= 4 is 27.3 Å². The molecule has 0 N–H and O–H groups in total. The van der Waals surface area contributed by atoms with Crippen molar-refractivity contribution in [3.05, 3.63) is 50.4 Å². The van der Waals surface area contributed by atoms with E-state index in [0.717, 1.165) is 9.35 Å². The van der Waals surface area contributed by atoms with Crippen LogP contribution in [0.3, 0.4) is 0 Å². The molecule has 17 heavy (non-hydrogen) atoms. The monoisotopic (exact) mass is 311 g/mol. The van der Waals surface area contributed by atoms with Gasteiger partial charge in [-0.2, -0.15) is 5.26 Å². The van der Waals surface area contributed by atoms with E-state index >= 15 is 0 Å². The Hall–Kier alpha value is -1.38. The molecule has 0 aliphatic carbocycles. The highest BCUT2D eigenvalue weighted by Crippen LogP contribution is 2.23. The van der Waals surface area contributed by atoms with Gasteiger partial charge in [-0.25, -0.2) is 4.39 Å². The molecule has 2 rings (SSSR count). The first-order chi connectivity index (χ1) is 8.19. The summed E-state index contributed by atoms with van der Waals surface area (Å²) >= 11 is 4.87. The van der Waals surface area contributed by atoms with Gasteiger partial charge in [-0.1, -0.05) is 0 Å². The molecular weight excluding hydrogens is 305 g/mol. The van der Waals surface area contributed by atoms with E-state index in [1.165, 1.54) is 29.5 Å². The van der Waals surface area contributed by atoms with E-state index in [1.54, 1.807) is 0 Å². The smallest absolute Gasteiger partial charge is 0.166 e. The van der Waals surface area contributed by atoms with Gasteiger partial charge < -0.3 is 4.74 Å². The van der Waals surface area contributed by atoms with Crippen LogP contribution in [-0.2, 0) is 6.61 Å². The minimum absolute atomic E-state index is 0.161. The Morgan fingerprint density at radius 2 is 2.24 bits per heavy atom. The van der Waals surface area contributed by atoms with Gasteiger partial charge in [0.25, 0.3) is 0 Å². The van der Waals surface area contributed by atoms with E-state index in [0.29, 0.717) is 6.61 Å². The standard InChI is InChI=1S/C12H7BrFNOS/c13-9-4-10(17-7-9)6-16-12-2-1-8(5-15)3-11(12)14/h1-4,7H,6H2. The van der Waals surface area contributed by atoms with Crippen LogP contribution in [0.2, 0.25) is 0 Å². The predicted octanol–water partition coefficient (Wildman–Crippen LogP) is 4.10. The fourth-order valence-corrected chi connectivity index (χ4v) is 2.63. The van der Waals surface area contributed by atoms with Crippen LogP contribution < -0.4 is 4.74 Å². The van der Waals surface area contributed by atoms with E-state index in [4.69, 9.17) is 10.00 Å². The van der Waals surface area contributed by atoms with Gasteiger partial charge in [-0.05, 0) is 40.2 Å². The second kappa shape index (κ2) is 5.30. The van der Waals surface area contributed by atoms with Crippen molar-refractivity contribution in [1.82, 2.24) is 0 Å². The second-order valence-electron chi connectivity index (χ2n) is 3.28. The normalized spacial score (nSPS) is 9.94. The number of halogens is 2. The van der Waals surface area contributed by atoms with E-state index < -0.39 is 5.82 Å². The number of nitriles is 1. The Labute approximate surface area is 110 Å². The van der Waals surface area contributed by atoms with Crippen molar-refractivity contribution in [3.63, 3.8) is 0 Å². The zero-order chi connectivity index (χ0) is 12.3. The predicted molar refractivity (Wildman–Crippen MR) is 67.5 cm³/mol. The van der Waals surface area contributed by atoms with E-state index in [9.17, 15) is 4.39 Å². The van der Waals surface area contributed by atoms with Gasteiger partial charge in [0.05, 0.1) is 11.6 Å². The average Bonchev–Trinajstić information content (AvgIpc) is 2.73. The van der Waals surface area contributed by atoms with Gasteiger partial charge in [0.2, 0.25) is 0 Å². The molecule has 0 spiro atoms. The fraction of sp³-hybridized carbons (Fsp3) is 0.0833. The van der Waals surface area contributed by atoms with Gasteiger partial charge >= 0.3 is 0 Å². The van der Waals surface area contributed by atoms with E-state index in [1.807, 2.05) is 17.5 Å². The first-order valence-electron chi connectivity index (χ1n) is 4.74. The molecule has 5 heteroatoms. The summed E-state index contributed by atoms with van der Waals surface area (Å²) in [6.45, 7) is 0.319. The number of nitrogens with zero attached hydrogens (tertiary/aromatic N) is 1. The largest absolute Gasteiger partial charge is 0.485 e. The molecule has 0 atom stereocenters. The van der Waals surface area contributed by atoms with Crippen LogP contribution in [-0.4, -0.2) is 0 Å². The SMILES string of the molecule is N#Cc1ccc(OCc2cc(Br)cs2)c(F)c1. The summed E-state index contributed by atoms with van der Waals surface area (Å²) in [6.07, 6.45) is 0. The number of hydrogen-bond acceptors (Lipinski definition) is 3. The number of hydrogen-bond donors (Lipinski definition) is 0. The van der Waals surface area contributed by atoms with E-state index in [-0.39, 0.29) is 11.3 Å². The van der Waals surface area contributed by atoms with Crippen molar-refractivity contribution in [2.45, 2.75) is 6.61 Å². The third-order valence-electron chi connectivity index (χ3n) is 2.05. The second-order valence-corrected chi connectivity index (χ2v) is 5.19. The maximum atomic E-state index is 13.5. The van der Waals surface area contributed by atoms with Crippen LogP contribution in [0.1, 0.15) is 10.4 Å². The lowest BCUT2D eigenvalue weighted by Gasteiger charge is -2.05. The average molecular weight is 312 g/mol. The maximum Gasteiger partial charge on any atom is 0.166 e. The maximum absolute atomic E-state index is 13.5. The lowest BCUT2D eigenvalue weighted by Crippen LogP contribution is -1.95. The molecule has 0 amide bonds. The quantitative estimate of drug-likeness (QED) is 0.855. The van der Waals surface area contributed by atoms with Crippen molar-refractivity contribution < 1.29 is 9.13 Å². The molecule has 1 aromatic heterocycles. The highest BCUT2D eigenvalue weighted by molar-refractivity contribution is 9.10. The lowest BCUT2D eigenvalue weighted by molar-refractivity contribution is 0.293. The van der Waals surface area contributed by atoms with Gasteiger partial charge in [-0.15, -0.1) is 11.3 Å². The van der Waals surface area contributed by atoms with Gasteiger partial charge in [0, 0.05) is 14.7 Å². The van der Waals surface area contributed by atoms with Crippen LogP contribution in [0.4, 0.5) is 4.39 Å². The first-order valence-corrected chi connectivity index (χ1v) is 6.41.